The number of aliphatic hydroxyl groups is 1. The number of aliphatic hydroxyl groups excluding tert-OH is 1. The molecule has 1 heterocycles. The molecule has 4 saturated carbocycles. The molecule has 4 nitrogen and oxygen atoms in total. The fourth-order valence-electron chi connectivity index (χ4n) is 10.4. The van der Waals surface area contributed by atoms with E-state index in [1.54, 1.807) is 6.33 Å². The third-order valence-corrected chi connectivity index (χ3v) is 12.2. The second-order valence-electron chi connectivity index (χ2n) is 14.6. The van der Waals surface area contributed by atoms with E-state index in [2.05, 4.69) is 49.9 Å². The van der Waals surface area contributed by atoms with E-state index in [-0.39, 0.29) is 6.10 Å². The molecular weight excluding hydrogens is 442 g/mol. The summed E-state index contributed by atoms with van der Waals surface area (Å²) in [4.78, 5) is 7.55. The Bertz CT molecular complexity index is 838. The van der Waals surface area contributed by atoms with Gasteiger partial charge in [0.25, 0.3) is 0 Å². The van der Waals surface area contributed by atoms with Crippen LogP contribution in [0.4, 0.5) is 0 Å². The van der Waals surface area contributed by atoms with E-state index >= 15 is 0 Å². The number of fused-ring (bicyclic) bond motifs is 5. The maximum atomic E-state index is 10.7. The van der Waals surface area contributed by atoms with Crippen molar-refractivity contribution in [1.29, 1.82) is 0 Å². The zero-order valence-electron chi connectivity index (χ0n) is 23.9. The summed E-state index contributed by atoms with van der Waals surface area (Å²) in [5.74, 6) is 5.84. The Hall–Kier alpha value is -0.870. The van der Waals surface area contributed by atoms with Crippen molar-refractivity contribution in [2.75, 3.05) is 6.54 Å². The summed E-state index contributed by atoms with van der Waals surface area (Å²) in [6.07, 6.45) is 19.3. The second-order valence-corrected chi connectivity index (χ2v) is 14.6. The molecule has 0 amide bonds. The van der Waals surface area contributed by atoms with Gasteiger partial charge < -0.3 is 15.4 Å². The Morgan fingerprint density at radius 1 is 1.00 bits per heavy atom. The summed E-state index contributed by atoms with van der Waals surface area (Å²) >= 11 is 0. The standard InChI is InChI=1S/C32H55N3O/c1-21(2)7-6-8-22(3)26-9-10-27-25-18-30(34-16-13-23-19-33-20-35-23)29-17-24(36)11-14-32(29,5)28(25)12-15-31(26,27)4/h19-22,24-30,34,36H,6-18H2,1-5H3,(H,33,35)/t22-,24?,25+,26-,27+,28+,29?,30?,31-,32-/m1/s1. The van der Waals surface area contributed by atoms with Gasteiger partial charge >= 0.3 is 0 Å². The van der Waals surface area contributed by atoms with Gasteiger partial charge in [-0.3, -0.25) is 0 Å². The van der Waals surface area contributed by atoms with Crippen LogP contribution in [0.3, 0.4) is 0 Å². The minimum atomic E-state index is -0.105. The highest BCUT2D eigenvalue weighted by molar-refractivity contribution is 5.12. The van der Waals surface area contributed by atoms with E-state index in [0.717, 1.165) is 67.0 Å². The Balaban J connectivity index is 1.32. The molecule has 0 aliphatic heterocycles. The van der Waals surface area contributed by atoms with Crippen LogP contribution in [-0.2, 0) is 6.42 Å². The molecule has 4 fully saturated rings. The molecule has 0 spiro atoms. The molecule has 204 valence electrons. The van der Waals surface area contributed by atoms with Crippen molar-refractivity contribution in [2.45, 2.75) is 124 Å². The molecule has 4 aliphatic rings. The van der Waals surface area contributed by atoms with E-state index in [1.807, 2.05) is 6.20 Å². The first-order valence-electron chi connectivity index (χ1n) is 15.6. The van der Waals surface area contributed by atoms with Crippen LogP contribution < -0.4 is 5.32 Å². The highest BCUT2D eigenvalue weighted by Crippen LogP contribution is 2.68. The van der Waals surface area contributed by atoms with Crippen molar-refractivity contribution in [3.8, 4) is 0 Å². The predicted molar refractivity (Wildman–Crippen MR) is 149 cm³/mol. The van der Waals surface area contributed by atoms with E-state index in [0.29, 0.717) is 22.8 Å². The van der Waals surface area contributed by atoms with Gasteiger partial charge in [0.05, 0.1) is 18.1 Å². The number of nitrogens with zero attached hydrogens (tertiary/aromatic N) is 1. The highest BCUT2D eigenvalue weighted by atomic mass is 16.3. The van der Waals surface area contributed by atoms with Gasteiger partial charge in [-0.05, 0) is 104 Å². The van der Waals surface area contributed by atoms with Gasteiger partial charge in [0.1, 0.15) is 0 Å². The molecule has 3 unspecified atom stereocenters. The molecule has 36 heavy (non-hydrogen) atoms. The predicted octanol–water partition coefficient (Wildman–Crippen LogP) is 7.00. The number of hydrogen-bond acceptors (Lipinski definition) is 3. The van der Waals surface area contributed by atoms with Crippen molar-refractivity contribution in [3.05, 3.63) is 18.2 Å². The fraction of sp³-hybridized carbons (Fsp3) is 0.906. The minimum absolute atomic E-state index is 0.105. The third-order valence-electron chi connectivity index (χ3n) is 12.2. The van der Waals surface area contributed by atoms with Gasteiger partial charge in [0.2, 0.25) is 0 Å². The SMILES string of the molecule is CC(C)CCC[C@@H](C)[C@H]1CC[C@H]2[C@@H]3CC(NCCc4c[nH]cn4)C4CC(O)CC[C@]4(C)[C@H]3CC[C@]12C. The normalized spacial score (nSPS) is 43.1. The van der Waals surface area contributed by atoms with Crippen LogP contribution in [0.2, 0.25) is 0 Å². The molecule has 4 aliphatic carbocycles. The van der Waals surface area contributed by atoms with E-state index < -0.39 is 0 Å². The maximum Gasteiger partial charge on any atom is 0.0923 e. The zero-order valence-corrected chi connectivity index (χ0v) is 23.9. The molecule has 5 rings (SSSR count). The van der Waals surface area contributed by atoms with Gasteiger partial charge in [-0.25, -0.2) is 4.98 Å². The summed E-state index contributed by atoms with van der Waals surface area (Å²) in [5.41, 5.74) is 2.07. The minimum Gasteiger partial charge on any atom is -0.393 e. The first kappa shape index (κ1) is 26.7. The maximum absolute atomic E-state index is 10.7. The summed E-state index contributed by atoms with van der Waals surface area (Å²) < 4.78 is 0. The van der Waals surface area contributed by atoms with Gasteiger partial charge in [-0.2, -0.15) is 0 Å². The smallest absolute Gasteiger partial charge is 0.0923 e. The number of nitrogens with one attached hydrogen (secondary N) is 2. The Labute approximate surface area is 221 Å². The van der Waals surface area contributed by atoms with Crippen LogP contribution >= 0.6 is 0 Å². The molecule has 1 aromatic rings. The number of imidazole rings is 1. The van der Waals surface area contributed by atoms with Crippen LogP contribution in [0.5, 0.6) is 0 Å². The van der Waals surface area contributed by atoms with Crippen LogP contribution in [0.15, 0.2) is 12.5 Å². The summed E-state index contributed by atoms with van der Waals surface area (Å²) in [6, 6.07) is 0.537. The lowest BCUT2D eigenvalue weighted by molar-refractivity contribution is -0.141. The molecule has 4 heteroatoms. The van der Waals surface area contributed by atoms with Crippen molar-refractivity contribution >= 4 is 0 Å². The number of aromatic amines is 1. The first-order valence-corrected chi connectivity index (χ1v) is 15.6. The lowest BCUT2D eigenvalue weighted by Crippen LogP contribution is -2.61. The number of hydrogen-bond donors (Lipinski definition) is 3. The molecule has 1 aromatic heterocycles. The lowest BCUT2D eigenvalue weighted by Gasteiger charge is -2.63. The number of H-pyrrole nitrogens is 1. The van der Waals surface area contributed by atoms with Gasteiger partial charge in [0, 0.05) is 25.2 Å². The van der Waals surface area contributed by atoms with Gasteiger partial charge in [-0.15, -0.1) is 0 Å². The Kier molecular flexibility index (Phi) is 7.95. The molecule has 0 bridgehead atoms. The summed E-state index contributed by atoms with van der Waals surface area (Å²) in [5, 5.41) is 14.7. The largest absolute Gasteiger partial charge is 0.393 e. The second kappa shape index (κ2) is 10.7. The van der Waals surface area contributed by atoms with Gasteiger partial charge in [-0.1, -0.05) is 53.9 Å². The van der Waals surface area contributed by atoms with E-state index in [4.69, 9.17) is 0 Å². The number of rotatable bonds is 9. The topological polar surface area (TPSA) is 60.9 Å². The molecule has 10 atom stereocenters. The molecule has 3 N–H and O–H groups in total. The fourth-order valence-corrected chi connectivity index (χ4v) is 10.4. The third kappa shape index (κ3) is 4.95. The molecular formula is C32H55N3O. The van der Waals surface area contributed by atoms with E-state index in [1.165, 1.54) is 57.8 Å². The summed E-state index contributed by atoms with van der Waals surface area (Å²) in [7, 11) is 0. The highest BCUT2D eigenvalue weighted by Gasteiger charge is 2.62. The van der Waals surface area contributed by atoms with E-state index in [9.17, 15) is 5.11 Å². The van der Waals surface area contributed by atoms with Crippen LogP contribution in [0, 0.1) is 52.3 Å². The monoisotopic (exact) mass is 497 g/mol. The molecule has 0 aromatic carbocycles. The zero-order chi connectivity index (χ0) is 25.5. The van der Waals surface area contributed by atoms with Crippen molar-refractivity contribution in [3.63, 3.8) is 0 Å². The average molecular weight is 498 g/mol. The quantitative estimate of drug-likeness (QED) is 0.344. The average Bonchev–Trinajstić information content (AvgIpc) is 3.47. The van der Waals surface area contributed by atoms with Crippen molar-refractivity contribution in [2.24, 2.45) is 52.3 Å². The molecule has 0 radical (unpaired) electrons. The van der Waals surface area contributed by atoms with Crippen LogP contribution in [-0.4, -0.2) is 33.8 Å². The Morgan fingerprint density at radius 2 is 1.78 bits per heavy atom. The van der Waals surface area contributed by atoms with Crippen molar-refractivity contribution in [1.82, 2.24) is 15.3 Å². The van der Waals surface area contributed by atoms with Gasteiger partial charge in [0.15, 0.2) is 0 Å². The lowest BCUT2D eigenvalue weighted by atomic mass is 9.43. The van der Waals surface area contributed by atoms with Crippen molar-refractivity contribution < 1.29 is 5.11 Å². The number of aromatic nitrogens is 2. The molecule has 0 saturated heterocycles. The Morgan fingerprint density at radius 3 is 2.53 bits per heavy atom. The summed E-state index contributed by atoms with van der Waals surface area (Å²) in [6.45, 7) is 13.7. The van der Waals surface area contributed by atoms with Crippen LogP contribution in [0.25, 0.3) is 0 Å². The van der Waals surface area contributed by atoms with Crippen LogP contribution in [0.1, 0.15) is 111 Å². The first-order chi connectivity index (χ1) is 17.2.